The van der Waals surface area contributed by atoms with Gasteiger partial charge in [-0.25, -0.2) is 0 Å². The largest absolute Gasteiger partial charge is 0.255 e. The van der Waals surface area contributed by atoms with Gasteiger partial charge in [0.15, 0.2) is 11.0 Å². The van der Waals surface area contributed by atoms with Crippen LogP contribution in [-0.4, -0.2) is 4.57 Å². The molecular formula is C19H14BrN2+. The highest BCUT2D eigenvalue weighted by Gasteiger charge is 2.18. The zero-order valence-corrected chi connectivity index (χ0v) is 13.4. The van der Waals surface area contributed by atoms with E-state index in [4.69, 9.17) is 0 Å². The first-order valence-corrected chi connectivity index (χ1v) is 7.95. The van der Waals surface area contributed by atoms with E-state index in [1.54, 1.807) is 0 Å². The van der Waals surface area contributed by atoms with Crippen molar-refractivity contribution in [2.24, 2.45) is 0 Å². The molecule has 0 aliphatic heterocycles. The predicted octanol–water partition coefficient (Wildman–Crippen LogP) is 4.67. The summed E-state index contributed by atoms with van der Waals surface area (Å²) in [5.74, 6) is 0. The van der Waals surface area contributed by atoms with Crippen molar-refractivity contribution in [3.05, 3.63) is 89.7 Å². The molecule has 1 heterocycles. The van der Waals surface area contributed by atoms with E-state index < -0.39 is 0 Å². The summed E-state index contributed by atoms with van der Waals surface area (Å²) >= 11 is 3.56. The van der Waals surface area contributed by atoms with Crippen LogP contribution in [0.4, 0.5) is 0 Å². The first kappa shape index (κ1) is 13.3. The van der Waals surface area contributed by atoms with Crippen LogP contribution in [0.1, 0.15) is 0 Å². The van der Waals surface area contributed by atoms with E-state index >= 15 is 0 Å². The van der Waals surface area contributed by atoms with E-state index in [2.05, 4.69) is 98.1 Å². The fourth-order valence-corrected chi connectivity index (χ4v) is 3.12. The lowest BCUT2D eigenvalue weighted by molar-refractivity contribution is -0.567. The SMILES string of the molecule is Brc1cccc(-n2c[n+](-c3ccccc3)c3ccccc32)c1. The molecule has 3 aromatic carbocycles. The van der Waals surface area contributed by atoms with Crippen molar-refractivity contribution in [1.29, 1.82) is 0 Å². The van der Waals surface area contributed by atoms with E-state index in [-0.39, 0.29) is 0 Å². The standard InChI is InChI=1S/C19H14BrN2/c20-15-7-6-10-17(13-15)22-14-21(16-8-2-1-3-9-16)18-11-4-5-12-19(18)22/h1-14H/q+1. The Balaban J connectivity index is 2.01. The summed E-state index contributed by atoms with van der Waals surface area (Å²) in [6.07, 6.45) is 2.14. The van der Waals surface area contributed by atoms with E-state index in [0.29, 0.717) is 0 Å². The fraction of sp³-hybridized carbons (Fsp3) is 0. The van der Waals surface area contributed by atoms with Crippen molar-refractivity contribution in [3.63, 3.8) is 0 Å². The Morgan fingerprint density at radius 3 is 2.36 bits per heavy atom. The summed E-state index contributed by atoms with van der Waals surface area (Å²) < 4.78 is 5.51. The van der Waals surface area contributed by atoms with Crippen molar-refractivity contribution in [1.82, 2.24) is 4.57 Å². The Morgan fingerprint density at radius 2 is 1.55 bits per heavy atom. The summed E-state index contributed by atoms with van der Waals surface area (Å²) in [6.45, 7) is 0. The van der Waals surface area contributed by atoms with Crippen molar-refractivity contribution < 1.29 is 4.57 Å². The smallest absolute Gasteiger partial charge is 0.195 e. The van der Waals surface area contributed by atoms with Crippen LogP contribution >= 0.6 is 15.9 Å². The van der Waals surface area contributed by atoms with Gasteiger partial charge in [0.2, 0.25) is 0 Å². The van der Waals surface area contributed by atoms with Crippen LogP contribution in [-0.2, 0) is 0 Å². The highest BCUT2D eigenvalue weighted by molar-refractivity contribution is 9.10. The molecule has 0 saturated carbocycles. The van der Waals surface area contributed by atoms with E-state index in [9.17, 15) is 0 Å². The van der Waals surface area contributed by atoms with Gasteiger partial charge < -0.3 is 0 Å². The van der Waals surface area contributed by atoms with Crippen LogP contribution in [0, 0.1) is 0 Å². The van der Waals surface area contributed by atoms with E-state index in [0.717, 1.165) is 15.8 Å². The number of nitrogens with zero attached hydrogens (tertiary/aromatic N) is 2. The fourth-order valence-electron chi connectivity index (χ4n) is 2.74. The minimum atomic E-state index is 1.08. The average molecular weight is 350 g/mol. The third kappa shape index (κ3) is 2.24. The molecule has 0 radical (unpaired) electrons. The Bertz CT molecular complexity index is 942. The van der Waals surface area contributed by atoms with Crippen LogP contribution in [0.5, 0.6) is 0 Å². The number of benzene rings is 3. The number of aromatic nitrogens is 2. The van der Waals surface area contributed by atoms with Gasteiger partial charge in [0.1, 0.15) is 11.4 Å². The zero-order valence-electron chi connectivity index (χ0n) is 11.9. The van der Waals surface area contributed by atoms with Crippen LogP contribution in [0.2, 0.25) is 0 Å². The number of rotatable bonds is 2. The minimum Gasteiger partial charge on any atom is -0.195 e. The molecular weight excluding hydrogens is 336 g/mol. The summed E-state index contributed by atoms with van der Waals surface area (Å²) in [5.41, 5.74) is 4.67. The quantitative estimate of drug-likeness (QED) is 0.465. The maximum absolute atomic E-state index is 3.56. The summed E-state index contributed by atoms with van der Waals surface area (Å²) in [4.78, 5) is 0. The molecule has 0 spiro atoms. The number of imidazole rings is 1. The molecule has 106 valence electrons. The maximum Gasteiger partial charge on any atom is 0.255 e. The van der Waals surface area contributed by atoms with Gasteiger partial charge in [0.25, 0.3) is 6.33 Å². The summed E-state index contributed by atoms with van der Waals surface area (Å²) in [5, 5.41) is 0. The lowest BCUT2D eigenvalue weighted by Crippen LogP contribution is -2.28. The monoisotopic (exact) mass is 349 g/mol. The second kappa shape index (κ2) is 5.43. The predicted molar refractivity (Wildman–Crippen MR) is 92.5 cm³/mol. The highest BCUT2D eigenvalue weighted by Crippen LogP contribution is 2.21. The second-order valence-corrected chi connectivity index (χ2v) is 6.08. The molecule has 0 amide bonds. The Hall–Kier alpha value is -2.39. The van der Waals surface area contributed by atoms with Crippen LogP contribution in [0.25, 0.3) is 22.4 Å². The number of hydrogen-bond donors (Lipinski definition) is 0. The summed E-state index contributed by atoms with van der Waals surface area (Å²) in [7, 11) is 0. The minimum absolute atomic E-state index is 1.08. The van der Waals surface area contributed by atoms with E-state index in [1.807, 2.05) is 12.1 Å². The van der Waals surface area contributed by atoms with Crippen molar-refractivity contribution >= 4 is 27.0 Å². The highest BCUT2D eigenvalue weighted by atomic mass is 79.9. The first-order valence-electron chi connectivity index (χ1n) is 7.16. The van der Waals surface area contributed by atoms with Gasteiger partial charge in [-0.3, -0.25) is 0 Å². The van der Waals surface area contributed by atoms with Gasteiger partial charge in [-0.05, 0) is 42.5 Å². The Kier molecular flexibility index (Phi) is 3.28. The Labute approximate surface area is 137 Å². The first-order chi connectivity index (χ1) is 10.8. The van der Waals surface area contributed by atoms with Gasteiger partial charge >= 0.3 is 0 Å². The van der Waals surface area contributed by atoms with Gasteiger partial charge in [-0.15, -0.1) is 0 Å². The summed E-state index contributed by atoms with van der Waals surface area (Å²) in [6, 6.07) is 27.2. The number of halogens is 1. The number of hydrogen-bond acceptors (Lipinski definition) is 0. The molecule has 0 N–H and O–H groups in total. The topological polar surface area (TPSA) is 8.81 Å². The zero-order chi connectivity index (χ0) is 14.9. The molecule has 0 atom stereocenters. The molecule has 0 unspecified atom stereocenters. The van der Waals surface area contributed by atoms with Gasteiger partial charge in [0, 0.05) is 4.47 Å². The molecule has 0 aliphatic rings. The van der Waals surface area contributed by atoms with Crippen LogP contribution in [0.15, 0.2) is 89.7 Å². The lowest BCUT2D eigenvalue weighted by atomic mass is 10.2. The van der Waals surface area contributed by atoms with Crippen LogP contribution < -0.4 is 4.57 Å². The molecule has 22 heavy (non-hydrogen) atoms. The molecule has 3 heteroatoms. The molecule has 4 aromatic rings. The molecule has 0 aliphatic carbocycles. The van der Waals surface area contributed by atoms with Crippen molar-refractivity contribution in [3.8, 4) is 11.4 Å². The number of para-hydroxylation sites is 3. The van der Waals surface area contributed by atoms with Crippen molar-refractivity contribution in [2.45, 2.75) is 0 Å². The average Bonchev–Trinajstić information content (AvgIpc) is 2.95. The van der Waals surface area contributed by atoms with Gasteiger partial charge in [0.05, 0.1) is 0 Å². The van der Waals surface area contributed by atoms with Crippen LogP contribution in [0.3, 0.4) is 0 Å². The third-order valence-corrected chi connectivity index (χ3v) is 4.25. The molecule has 0 fully saturated rings. The molecule has 1 aromatic heterocycles. The third-order valence-electron chi connectivity index (χ3n) is 3.75. The van der Waals surface area contributed by atoms with Crippen molar-refractivity contribution in [2.75, 3.05) is 0 Å². The molecule has 0 saturated heterocycles. The normalized spacial score (nSPS) is 11.0. The lowest BCUT2D eigenvalue weighted by Gasteiger charge is -1.97. The molecule has 4 rings (SSSR count). The molecule has 2 nitrogen and oxygen atoms in total. The van der Waals surface area contributed by atoms with Gasteiger partial charge in [-0.2, -0.15) is 9.13 Å². The van der Waals surface area contributed by atoms with Gasteiger partial charge in [-0.1, -0.05) is 52.3 Å². The number of fused-ring (bicyclic) bond motifs is 1. The molecule has 0 bridgehead atoms. The maximum atomic E-state index is 3.56. The second-order valence-electron chi connectivity index (χ2n) is 5.16. The Morgan fingerprint density at radius 1 is 0.773 bits per heavy atom. The van der Waals surface area contributed by atoms with E-state index in [1.165, 1.54) is 11.0 Å².